The molecule has 2 aromatic rings. The van der Waals surface area contributed by atoms with Gasteiger partial charge in [0.25, 0.3) is 0 Å². The molecule has 2 saturated heterocycles. The predicted molar refractivity (Wildman–Crippen MR) is 138 cm³/mol. The first-order chi connectivity index (χ1) is 16.8. The van der Waals surface area contributed by atoms with E-state index in [0.29, 0.717) is 5.92 Å². The lowest BCUT2D eigenvalue weighted by atomic mass is 9.96. The number of amides is 1. The first kappa shape index (κ1) is 25.6. The summed E-state index contributed by atoms with van der Waals surface area (Å²) in [6.45, 7) is 10.4. The highest BCUT2D eigenvalue weighted by Crippen LogP contribution is 2.20. The van der Waals surface area contributed by atoms with Gasteiger partial charge in [-0.1, -0.05) is 12.1 Å². The van der Waals surface area contributed by atoms with Crippen LogP contribution in [0.3, 0.4) is 0 Å². The molecule has 1 N–H and O–H groups in total. The molecule has 2 fully saturated rings. The minimum absolute atomic E-state index is 0.0254. The van der Waals surface area contributed by atoms with Gasteiger partial charge in [0.15, 0.2) is 0 Å². The summed E-state index contributed by atoms with van der Waals surface area (Å²) >= 11 is 0. The van der Waals surface area contributed by atoms with Gasteiger partial charge in [0, 0.05) is 65.0 Å². The number of likely N-dealkylation sites (tertiary alicyclic amines) is 1. The molecule has 0 bridgehead atoms. The van der Waals surface area contributed by atoms with Gasteiger partial charge in [-0.3, -0.25) is 9.69 Å². The lowest BCUT2D eigenvalue weighted by molar-refractivity contribution is -0.133. The number of nitrogens with zero attached hydrogens (tertiary/aromatic N) is 4. The Bertz CT molecular complexity index is 1100. The molecule has 1 atom stereocenters. The number of pyridine rings is 1. The van der Waals surface area contributed by atoms with Crippen LogP contribution in [0.25, 0.3) is 0 Å². The van der Waals surface area contributed by atoms with E-state index < -0.39 is 10.0 Å². The second-order valence-corrected chi connectivity index (χ2v) is 11.5. The summed E-state index contributed by atoms with van der Waals surface area (Å²) in [4.78, 5) is 24.3. The van der Waals surface area contributed by atoms with Crippen LogP contribution in [0.1, 0.15) is 30.4 Å². The minimum atomic E-state index is -3.62. The number of anilines is 1. The number of benzene rings is 1. The first-order valence-electron chi connectivity index (χ1n) is 12.5. The lowest BCUT2D eigenvalue weighted by Gasteiger charge is -2.39. The zero-order valence-electron chi connectivity index (χ0n) is 20.8. The van der Waals surface area contributed by atoms with Gasteiger partial charge >= 0.3 is 0 Å². The van der Waals surface area contributed by atoms with E-state index in [9.17, 15) is 13.2 Å². The van der Waals surface area contributed by atoms with Crippen molar-refractivity contribution in [3.8, 4) is 0 Å². The van der Waals surface area contributed by atoms with E-state index in [0.717, 1.165) is 75.6 Å². The maximum atomic E-state index is 12.8. The second-order valence-electron chi connectivity index (χ2n) is 9.72. The number of rotatable bonds is 8. The fraction of sp³-hybridized carbons (Fsp3) is 0.538. The normalized spacial score (nSPS) is 19.7. The SMILES string of the molecule is Cc1ccc(S(=O)(=O)NCCC(=O)N2CCCC(CN3CCN(c4ccccn4)CC3)C2)cc1C. The van der Waals surface area contributed by atoms with E-state index in [1.165, 1.54) is 0 Å². The Labute approximate surface area is 209 Å². The molecule has 1 amide bonds. The smallest absolute Gasteiger partial charge is 0.240 e. The zero-order valence-corrected chi connectivity index (χ0v) is 21.6. The number of hydrogen-bond acceptors (Lipinski definition) is 6. The van der Waals surface area contributed by atoms with Gasteiger partial charge in [-0.15, -0.1) is 0 Å². The van der Waals surface area contributed by atoms with Crippen LogP contribution in [0, 0.1) is 19.8 Å². The number of aryl methyl sites for hydroxylation is 2. The van der Waals surface area contributed by atoms with Crippen LogP contribution in [-0.4, -0.2) is 81.5 Å². The van der Waals surface area contributed by atoms with Gasteiger partial charge < -0.3 is 9.80 Å². The van der Waals surface area contributed by atoms with Crippen LogP contribution in [0.2, 0.25) is 0 Å². The molecule has 35 heavy (non-hydrogen) atoms. The first-order valence-corrected chi connectivity index (χ1v) is 14.0. The third-order valence-electron chi connectivity index (χ3n) is 7.15. The molecule has 2 aliphatic rings. The molecule has 0 saturated carbocycles. The Morgan fingerprint density at radius 1 is 1.06 bits per heavy atom. The Balaban J connectivity index is 1.21. The van der Waals surface area contributed by atoms with E-state index in [-0.39, 0.29) is 23.8 Å². The van der Waals surface area contributed by atoms with Crippen molar-refractivity contribution in [1.29, 1.82) is 0 Å². The van der Waals surface area contributed by atoms with Crippen LogP contribution in [-0.2, 0) is 14.8 Å². The van der Waals surface area contributed by atoms with Gasteiger partial charge in [-0.25, -0.2) is 18.1 Å². The lowest BCUT2D eigenvalue weighted by Crippen LogP contribution is -2.50. The number of hydrogen-bond donors (Lipinski definition) is 1. The summed E-state index contributed by atoms with van der Waals surface area (Å²) in [5.41, 5.74) is 1.98. The summed E-state index contributed by atoms with van der Waals surface area (Å²) in [5, 5.41) is 0. The average Bonchev–Trinajstić information content (AvgIpc) is 2.86. The van der Waals surface area contributed by atoms with Crippen LogP contribution in [0.15, 0.2) is 47.5 Å². The van der Waals surface area contributed by atoms with Crippen LogP contribution in [0.4, 0.5) is 5.82 Å². The van der Waals surface area contributed by atoms with Crippen molar-refractivity contribution in [1.82, 2.24) is 19.5 Å². The fourth-order valence-electron chi connectivity index (χ4n) is 4.92. The maximum absolute atomic E-state index is 12.8. The number of nitrogens with one attached hydrogen (secondary N) is 1. The average molecular weight is 500 g/mol. The molecular weight excluding hydrogens is 462 g/mol. The largest absolute Gasteiger partial charge is 0.354 e. The topological polar surface area (TPSA) is 85.8 Å². The van der Waals surface area contributed by atoms with E-state index in [2.05, 4.69) is 25.6 Å². The molecule has 1 aromatic carbocycles. The highest BCUT2D eigenvalue weighted by Gasteiger charge is 2.27. The van der Waals surface area contributed by atoms with Crippen molar-refractivity contribution >= 4 is 21.7 Å². The van der Waals surface area contributed by atoms with Gasteiger partial charge in [-0.2, -0.15) is 0 Å². The Kier molecular flexibility index (Phi) is 8.41. The maximum Gasteiger partial charge on any atom is 0.240 e. The monoisotopic (exact) mass is 499 g/mol. The third kappa shape index (κ3) is 6.80. The molecule has 3 heterocycles. The Morgan fingerprint density at radius 2 is 1.86 bits per heavy atom. The standard InChI is InChI=1S/C26H37N5O3S/c1-21-8-9-24(18-22(21)2)35(33,34)28-12-10-26(32)31-13-5-6-23(20-31)19-29-14-16-30(17-15-29)25-7-3-4-11-27-25/h3-4,7-9,11,18,23,28H,5-6,10,12-17,19-20H2,1-2H3. The summed E-state index contributed by atoms with van der Waals surface area (Å²) in [5.74, 6) is 1.52. The van der Waals surface area contributed by atoms with Crippen molar-refractivity contribution in [2.45, 2.75) is 38.0 Å². The molecule has 2 aliphatic heterocycles. The van der Waals surface area contributed by atoms with Crippen LogP contribution >= 0.6 is 0 Å². The summed E-state index contributed by atoms with van der Waals surface area (Å²) < 4.78 is 27.8. The summed E-state index contributed by atoms with van der Waals surface area (Å²) in [6.07, 6.45) is 4.14. The summed E-state index contributed by atoms with van der Waals surface area (Å²) in [7, 11) is -3.62. The molecule has 1 aromatic heterocycles. The van der Waals surface area contributed by atoms with Crippen molar-refractivity contribution in [2.75, 3.05) is 57.3 Å². The van der Waals surface area contributed by atoms with E-state index in [1.807, 2.05) is 37.1 Å². The highest BCUT2D eigenvalue weighted by molar-refractivity contribution is 7.89. The number of carbonyl (C=O) groups excluding carboxylic acids is 1. The zero-order chi connectivity index (χ0) is 24.8. The van der Waals surface area contributed by atoms with Crippen molar-refractivity contribution in [3.63, 3.8) is 0 Å². The van der Waals surface area contributed by atoms with Gasteiger partial charge in [0.05, 0.1) is 4.90 Å². The molecule has 1 unspecified atom stereocenters. The molecule has 190 valence electrons. The van der Waals surface area contributed by atoms with E-state index >= 15 is 0 Å². The Hall–Kier alpha value is -2.49. The van der Waals surface area contributed by atoms with E-state index in [1.54, 1.807) is 18.2 Å². The molecule has 4 rings (SSSR count). The number of sulfonamides is 1. The molecule has 9 heteroatoms. The molecular formula is C26H37N5O3S. The van der Waals surface area contributed by atoms with Crippen LogP contribution < -0.4 is 9.62 Å². The summed E-state index contributed by atoms with van der Waals surface area (Å²) in [6, 6.07) is 11.1. The van der Waals surface area contributed by atoms with Gasteiger partial charge in [0.1, 0.15) is 5.82 Å². The van der Waals surface area contributed by atoms with Gasteiger partial charge in [0.2, 0.25) is 15.9 Å². The van der Waals surface area contributed by atoms with Crippen molar-refractivity contribution in [3.05, 3.63) is 53.7 Å². The number of piperidine rings is 1. The van der Waals surface area contributed by atoms with Crippen molar-refractivity contribution < 1.29 is 13.2 Å². The number of carbonyl (C=O) groups is 1. The number of piperazine rings is 1. The minimum Gasteiger partial charge on any atom is -0.354 e. The van der Waals surface area contributed by atoms with Gasteiger partial charge in [-0.05, 0) is 68.0 Å². The van der Waals surface area contributed by atoms with E-state index in [4.69, 9.17) is 0 Å². The second kappa shape index (κ2) is 11.5. The molecule has 0 aliphatic carbocycles. The molecule has 0 spiro atoms. The Morgan fingerprint density at radius 3 is 2.57 bits per heavy atom. The quantitative estimate of drug-likeness (QED) is 0.601. The predicted octanol–water partition coefficient (Wildman–Crippen LogP) is 2.43. The fourth-order valence-corrected chi connectivity index (χ4v) is 6.04. The van der Waals surface area contributed by atoms with Crippen LogP contribution in [0.5, 0.6) is 0 Å². The third-order valence-corrected chi connectivity index (χ3v) is 8.61. The molecule has 8 nitrogen and oxygen atoms in total. The highest BCUT2D eigenvalue weighted by atomic mass is 32.2. The molecule has 0 radical (unpaired) electrons. The number of aromatic nitrogens is 1. The van der Waals surface area contributed by atoms with Crippen molar-refractivity contribution in [2.24, 2.45) is 5.92 Å².